The number of aliphatic carboxylic acids is 1. The number of primary amides is 1. The molecule has 2 heterocycles. The summed E-state index contributed by atoms with van der Waals surface area (Å²) in [6.07, 6.45) is 1.12. The van der Waals surface area contributed by atoms with E-state index < -0.39 is 17.9 Å². The third kappa shape index (κ3) is 8.81. The summed E-state index contributed by atoms with van der Waals surface area (Å²) in [7, 11) is 1.53. The number of amides is 1. The van der Waals surface area contributed by atoms with E-state index in [-0.39, 0.29) is 12.8 Å². The van der Waals surface area contributed by atoms with Crippen LogP contribution < -0.4 is 11.1 Å². The number of carbonyl (C=O) groups excluding carboxylic acids is 1. The number of hydrogen-bond acceptors (Lipinski definition) is 6. The van der Waals surface area contributed by atoms with E-state index in [4.69, 9.17) is 25.1 Å². The molecular weight excluding hydrogens is 268 g/mol. The minimum atomic E-state index is -0.964. The Morgan fingerprint density at radius 1 is 1.35 bits per heavy atom. The maximum atomic E-state index is 10.3. The number of nitrogens with one attached hydrogen (secondary N) is 1. The average molecular weight is 290 g/mol. The largest absolute Gasteiger partial charge is 0.480 e. The maximum Gasteiger partial charge on any atom is 0.320 e. The summed E-state index contributed by atoms with van der Waals surface area (Å²) >= 11 is 0. The molecule has 8 nitrogen and oxygen atoms in total. The first kappa shape index (κ1) is 16.8. The second kappa shape index (κ2) is 8.85. The summed E-state index contributed by atoms with van der Waals surface area (Å²) in [6, 6.07) is -0.678. The molecule has 0 aromatic heterocycles. The molecule has 116 valence electrons. The molecule has 0 aliphatic carbocycles. The summed E-state index contributed by atoms with van der Waals surface area (Å²) in [5.41, 5.74) is 4.84. The molecule has 1 amide bonds. The van der Waals surface area contributed by atoms with E-state index in [1.807, 2.05) is 0 Å². The van der Waals surface area contributed by atoms with Gasteiger partial charge in [-0.25, -0.2) is 0 Å². The van der Waals surface area contributed by atoms with Gasteiger partial charge in [0, 0.05) is 6.42 Å². The van der Waals surface area contributed by atoms with Crippen molar-refractivity contribution >= 4 is 11.9 Å². The van der Waals surface area contributed by atoms with Gasteiger partial charge in [0.05, 0.1) is 26.4 Å². The van der Waals surface area contributed by atoms with Crippen LogP contribution in [-0.4, -0.2) is 68.7 Å². The lowest BCUT2D eigenvalue weighted by Gasteiger charge is -2.08. The molecular formula is C12H22N2O6. The van der Waals surface area contributed by atoms with Crippen LogP contribution in [0.2, 0.25) is 0 Å². The third-order valence-electron chi connectivity index (χ3n) is 2.74. The van der Waals surface area contributed by atoms with Crippen molar-refractivity contribution in [3.05, 3.63) is 0 Å². The van der Waals surface area contributed by atoms with Crippen molar-refractivity contribution in [1.82, 2.24) is 5.32 Å². The summed E-state index contributed by atoms with van der Waals surface area (Å²) < 4.78 is 15.1. The van der Waals surface area contributed by atoms with E-state index >= 15 is 0 Å². The molecule has 0 saturated carbocycles. The zero-order valence-corrected chi connectivity index (χ0v) is 11.5. The summed E-state index contributed by atoms with van der Waals surface area (Å²) in [5.74, 6) is -1.44. The van der Waals surface area contributed by atoms with Gasteiger partial charge in [0.15, 0.2) is 0 Å². The summed E-state index contributed by atoms with van der Waals surface area (Å²) in [6.45, 7) is 3.26. The highest BCUT2D eigenvalue weighted by atomic mass is 16.6. The Labute approximate surface area is 117 Å². The Balaban J connectivity index is 0.000000202. The van der Waals surface area contributed by atoms with Gasteiger partial charge < -0.3 is 30.4 Å². The zero-order valence-electron chi connectivity index (χ0n) is 11.5. The van der Waals surface area contributed by atoms with Crippen LogP contribution in [0.4, 0.5) is 0 Å². The highest BCUT2D eigenvalue weighted by Crippen LogP contribution is 2.12. The fourth-order valence-corrected chi connectivity index (χ4v) is 1.34. The van der Waals surface area contributed by atoms with Crippen molar-refractivity contribution in [3.8, 4) is 0 Å². The van der Waals surface area contributed by atoms with E-state index in [9.17, 15) is 9.59 Å². The van der Waals surface area contributed by atoms with Crippen LogP contribution in [0, 0.1) is 0 Å². The molecule has 0 spiro atoms. The molecule has 3 atom stereocenters. The number of ether oxygens (including phenoxy) is 3. The number of nitrogens with two attached hydrogens (primary N) is 1. The number of carboxylic acids is 1. The van der Waals surface area contributed by atoms with Gasteiger partial charge in [0.2, 0.25) is 5.91 Å². The quantitative estimate of drug-likeness (QED) is 0.452. The van der Waals surface area contributed by atoms with Crippen molar-refractivity contribution < 1.29 is 28.9 Å². The average Bonchev–Trinajstić information content (AvgIpc) is 3.24. The molecule has 2 saturated heterocycles. The van der Waals surface area contributed by atoms with Gasteiger partial charge in [-0.05, 0) is 13.5 Å². The van der Waals surface area contributed by atoms with Crippen molar-refractivity contribution in [2.75, 3.05) is 33.5 Å². The van der Waals surface area contributed by atoms with Gasteiger partial charge in [0.25, 0.3) is 0 Å². The summed E-state index contributed by atoms with van der Waals surface area (Å²) in [4.78, 5) is 20.6. The monoisotopic (exact) mass is 290 g/mol. The van der Waals surface area contributed by atoms with Crippen LogP contribution in [0.25, 0.3) is 0 Å². The number of rotatable bonds is 9. The molecule has 20 heavy (non-hydrogen) atoms. The van der Waals surface area contributed by atoms with Gasteiger partial charge in [0.1, 0.15) is 18.2 Å². The second-order valence-corrected chi connectivity index (χ2v) is 4.63. The van der Waals surface area contributed by atoms with Crippen molar-refractivity contribution in [3.63, 3.8) is 0 Å². The molecule has 2 aliphatic rings. The van der Waals surface area contributed by atoms with Crippen molar-refractivity contribution in [1.29, 1.82) is 0 Å². The molecule has 2 unspecified atom stereocenters. The molecule has 2 aliphatic heterocycles. The van der Waals surface area contributed by atoms with Crippen molar-refractivity contribution in [2.45, 2.75) is 31.1 Å². The summed E-state index contributed by atoms with van der Waals surface area (Å²) in [5, 5.41) is 11.0. The SMILES string of the molecule is C(OCC1CO1)C1CO1.CN[C@@H](CCC(N)=O)C(=O)O. The fraction of sp³-hybridized carbons (Fsp3) is 0.833. The van der Waals surface area contributed by atoms with Gasteiger partial charge in [-0.1, -0.05) is 0 Å². The Morgan fingerprint density at radius 2 is 1.85 bits per heavy atom. The predicted octanol–water partition coefficient (Wildman–Crippen LogP) is -1.27. The van der Waals surface area contributed by atoms with Crippen LogP contribution >= 0.6 is 0 Å². The fourth-order valence-electron chi connectivity index (χ4n) is 1.34. The number of hydrogen-bond donors (Lipinski definition) is 3. The highest BCUT2D eigenvalue weighted by molar-refractivity contribution is 5.77. The Kier molecular flexibility index (Phi) is 7.45. The second-order valence-electron chi connectivity index (χ2n) is 4.63. The molecule has 0 aromatic rings. The lowest BCUT2D eigenvalue weighted by molar-refractivity contribution is -0.139. The number of epoxide rings is 2. The normalized spacial score (nSPS) is 24.2. The van der Waals surface area contributed by atoms with E-state index in [1.165, 1.54) is 7.05 Å². The zero-order chi connectivity index (χ0) is 15.0. The van der Waals surface area contributed by atoms with Crippen LogP contribution in [0.1, 0.15) is 12.8 Å². The third-order valence-corrected chi connectivity index (χ3v) is 2.74. The molecule has 2 rings (SSSR count). The first-order chi connectivity index (χ1) is 9.52. The highest BCUT2D eigenvalue weighted by Gasteiger charge is 2.26. The first-order valence-electron chi connectivity index (χ1n) is 6.52. The molecule has 4 N–H and O–H groups in total. The Hall–Kier alpha value is -1.22. The topological polar surface area (TPSA) is 127 Å². The van der Waals surface area contributed by atoms with E-state index in [0.29, 0.717) is 12.2 Å². The van der Waals surface area contributed by atoms with Crippen LogP contribution in [0.15, 0.2) is 0 Å². The van der Waals surface area contributed by atoms with E-state index in [0.717, 1.165) is 26.4 Å². The molecule has 0 aromatic carbocycles. The predicted molar refractivity (Wildman–Crippen MR) is 69.2 cm³/mol. The minimum Gasteiger partial charge on any atom is -0.480 e. The molecule has 0 bridgehead atoms. The van der Waals surface area contributed by atoms with Gasteiger partial charge >= 0.3 is 5.97 Å². The van der Waals surface area contributed by atoms with E-state index in [1.54, 1.807) is 0 Å². The standard InChI is InChI=1S/C6H12N2O3.C6H10O3/c1-8-4(6(10)11)2-3-5(7)9;1(5-3-8-5)7-2-6-4-9-6/h4,8H,2-3H2,1H3,(H2,7,9)(H,10,11);5-6H,1-4H2/t4-;/m0./s1. The van der Waals surface area contributed by atoms with Crippen LogP contribution in [0.5, 0.6) is 0 Å². The Bertz CT molecular complexity index is 305. The lowest BCUT2D eigenvalue weighted by Crippen LogP contribution is -2.34. The van der Waals surface area contributed by atoms with Gasteiger partial charge in [-0.3, -0.25) is 9.59 Å². The van der Waals surface area contributed by atoms with Gasteiger partial charge in [-0.2, -0.15) is 0 Å². The Morgan fingerprint density at radius 3 is 2.15 bits per heavy atom. The molecule has 2 fully saturated rings. The number of carboxylic acid groups (broad SMARTS) is 1. The van der Waals surface area contributed by atoms with Crippen molar-refractivity contribution in [2.24, 2.45) is 5.73 Å². The maximum absolute atomic E-state index is 10.3. The molecule has 8 heteroatoms. The minimum absolute atomic E-state index is 0.0950. The number of likely N-dealkylation sites (N-methyl/N-ethyl adjacent to an activating group) is 1. The lowest BCUT2D eigenvalue weighted by atomic mass is 10.1. The van der Waals surface area contributed by atoms with Crippen LogP contribution in [-0.2, 0) is 23.8 Å². The number of carbonyl (C=O) groups is 2. The smallest absolute Gasteiger partial charge is 0.320 e. The van der Waals surface area contributed by atoms with E-state index in [2.05, 4.69) is 5.32 Å². The molecule has 0 radical (unpaired) electrons. The first-order valence-corrected chi connectivity index (χ1v) is 6.52. The van der Waals surface area contributed by atoms with Gasteiger partial charge in [-0.15, -0.1) is 0 Å². The van der Waals surface area contributed by atoms with Crippen LogP contribution in [0.3, 0.4) is 0 Å².